The molecule has 0 aliphatic rings. The van der Waals surface area contributed by atoms with Gasteiger partial charge in [-0.1, -0.05) is 13.0 Å². The van der Waals surface area contributed by atoms with Gasteiger partial charge in [0, 0.05) is 6.54 Å². The first-order valence-corrected chi connectivity index (χ1v) is 7.33. The van der Waals surface area contributed by atoms with Crippen molar-refractivity contribution in [3.63, 3.8) is 0 Å². The van der Waals surface area contributed by atoms with Gasteiger partial charge in [0.05, 0.1) is 11.6 Å². The van der Waals surface area contributed by atoms with Crippen LogP contribution in [0.2, 0.25) is 0 Å². The maximum Gasteiger partial charge on any atom is 0.141 e. The Morgan fingerprint density at radius 1 is 1.05 bits per heavy atom. The fraction of sp³-hybridized carbons (Fsp3) is 0.250. The molecule has 0 spiro atoms. The highest BCUT2D eigenvalue weighted by molar-refractivity contribution is 9.10. The minimum Gasteiger partial charge on any atom is -0.497 e. The van der Waals surface area contributed by atoms with Gasteiger partial charge in [0.2, 0.25) is 0 Å². The molecule has 3 nitrogen and oxygen atoms in total. The first-order valence-electron chi connectivity index (χ1n) is 6.54. The molecule has 0 aromatic heterocycles. The molecule has 4 heteroatoms. The highest BCUT2D eigenvalue weighted by atomic mass is 79.9. The summed E-state index contributed by atoms with van der Waals surface area (Å²) in [7, 11) is 1.65. The summed E-state index contributed by atoms with van der Waals surface area (Å²) in [5, 5.41) is 3.30. The molecule has 0 saturated carbocycles. The predicted octanol–water partition coefficient (Wildman–Crippen LogP) is 4.36. The third-order valence-corrected chi connectivity index (χ3v) is 3.48. The van der Waals surface area contributed by atoms with Crippen LogP contribution in [0.4, 0.5) is 0 Å². The second-order valence-electron chi connectivity index (χ2n) is 4.32. The van der Waals surface area contributed by atoms with Crippen LogP contribution in [0.25, 0.3) is 0 Å². The fourth-order valence-corrected chi connectivity index (χ4v) is 2.28. The molecule has 1 N–H and O–H groups in total. The molecule has 2 aromatic carbocycles. The van der Waals surface area contributed by atoms with Crippen LogP contribution < -0.4 is 14.8 Å². The molecule has 20 heavy (non-hydrogen) atoms. The maximum atomic E-state index is 5.85. The van der Waals surface area contributed by atoms with E-state index >= 15 is 0 Å². The number of benzene rings is 2. The van der Waals surface area contributed by atoms with E-state index in [2.05, 4.69) is 40.3 Å². The van der Waals surface area contributed by atoms with Crippen LogP contribution >= 0.6 is 15.9 Å². The van der Waals surface area contributed by atoms with E-state index in [9.17, 15) is 0 Å². The Morgan fingerprint density at radius 3 is 2.35 bits per heavy atom. The first-order chi connectivity index (χ1) is 9.72. The van der Waals surface area contributed by atoms with Crippen molar-refractivity contribution in [2.45, 2.75) is 13.5 Å². The second kappa shape index (κ2) is 7.31. The molecule has 106 valence electrons. The minimum atomic E-state index is 0.783. The summed E-state index contributed by atoms with van der Waals surface area (Å²) in [5.41, 5.74) is 1.22. The van der Waals surface area contributed by atoms with Crippen molar-refractivity contribution in [2.24, 2.45) is 0 Å². The molecule has 0 saturated heterocycles. The molecule has 0 heterocycles. The summed E-state index contributed by atoms with van der Waals surface area (Å²) in [4.78, 5) is 0. The van der Waals surface area contributed by atoms with Crippen LogP contribution in [-0.2, 0) is 6.54 Å². The average molecular weight is 336 g/mol. The molecule has 0 aliphatic heterocycles. The van der Waals surface area contributed by atoms with Crippen LogP contribution in [0.5, 0.6) is 17.2 Å². The van der Waals surface area contributed by atoms with E-state index in [4.69, 9.17) is 9.47 Å². The van der Waals surface area contributed by atoms with Gasteiger partial charge >= 0.3 is 0 Å². The Kier molecular flexibility index (Phi) is 5.44. The topological polar surface area (TPSA) is 30.5 Å². The third-order valence-electron chi connectivity index (χ3n) is 2.86. The zero-order valence-corrected chi connectivity index (χ0v) is 13.2. The van der Waals surface area contributed by atoms with E-state index in [1.54, 1.807) is 7.11 Å². The Morgan fingerprint density at radius 2 is 1.75 bits per heavy atom. The molecule has 0 aliphatic carbocycles. The molecule has 0 radical (unpaired) electrons. The number of ether oxygens (including phenoxy) is 2. The van der Waals surface area contributed by atoms with Crippen LogP contribution in [0.3, 0.4) is 0 Å². The van der Waals surface area contributed by atoms with Crippen molar-refractivity contribution >= 4 is 15.9 Å². The number of rotatable bonds is 6. The molecule has 0 amide bonds. The van der Waals surface area contributed by atoms with E-state index in [1.165, 1.54) is 5.56 Å². The molecule has 0 unspecified atom stereocenters. The summed E-state index contributed by atoms with van der Waals surface area (Å²) >= 11 is 3.55. The Labute approximate surface area is 128 Å². The lowest BCUT2D eigenvalue weighted by molar-refractivity contribution is 0.412. The summed E-state index contributed by atoms with van der Waals surface area (Å²) in [5.74, 6) is 2.40. The van der Waals surface area contributed by atoms with Crippen molar-refractivity contribution in [1.82, 2.24) is 5.32 Å². The normalized spacial score (nSPS) is 10.3. The molecule has 2 aromatic rings. The number of methoxy groups -OCH3 is 1. The Balaban J connectivity index is 2.08. The van der Waals surface area contributed by atoms with Gasteiger partial charge in [-0.25, -0.2) is 0 Å². The van der Waals surface area contributed by atoms with E-state index in [0.29, 0.717) is 0 Å². The van der Waals surface area contributed by atoms with E-state index in [1.807, 2.05) is 30.3 Å². The molecule has 2 rings (SSSR count). The van der Waals surface area contributed by atoms with Crippen molar-refractivity contribution in [3.05, 3.63) is 52.5 Å². The Hall–Kier alpha value is -1.52. The lowest BCUT2D eigenvalue weighted by atomic mass is 10.2. The van der Waals surface area contributed by atoms with Crippen molar-refractivity contribution in [2.75, 3.05) is 13.7 Å². The van der Waals surface area contributed by atoms with Gasteiger partial charge in [-0.15, -0.1) is 0 Å². The number of halogens is 1. The number of nitrogens with one attached hydrogen (secondary N) is 1. The van der Waals surface area contributed by atoms with Crippen LogP contribution in [-0.4, -0.2) is 13.7 Å². The first kappa shape index (κ1) is 14.9. The highest BCUT2D eigenvalue weighted by Gasteiger charge is 2.04. The van der Waals surface area contributed by atoms with Gasteiger partial charge < -0.3 is 14.8 Å². The van der Waals surface area contributed by atoms with E-state index in [0.717, 1.165) is 34.8 Å². The second-order valence-corrected chi connectivity index (χ2v) is 5.18. The molecule has 0 atom stereocenters. The van der Waals surface area contributed by atoms with Crippen molar-refractivity contribution in [3.8, 4) is 17.2 Å². The molecule has 0 bridgehead atoms. The largest absolute Gasteiger partial charge is 0.497 e. The zero-order chi connectivity index (χ0) is 14.4. The van der Waals surface area contributed by atoms with Crippen LogP contribution in [0, 0.1) is 0 Å². The SMILES string of the molecule is CCNCc1ccc(Oc2ccc(OC)cc2)c(Br)c1. The van der Waals surface area contributed by atoms with Gasteiger partial charge in [0.25, 0.3) is 0 Å². The Bertz CT molecular complexity index is 555. The molecular weight excluding hydrogens is 318 g/mol. The smallest absolute Gasteiger partial charge is 0.141 e. The van der Waals surface area contributed by atoms with Gasteiger partial charge in [-0.3, -0.25) is 0 Å². The monoisotopic (exact) mass is 335 g/mol. The van der Waals surface area contributed by atoms with Crippen LogP contribution in [0.15, 0.2) is 46.9 Å². The lowest BCUT2D eigenvalue weighted by Crippen LogP contribution is -2.11. The summed E-state index contributed by atoms with van der Waals surface area (Å²) in [6.45, 7) is 3.91. The lowest BCUT2D eigenvalue weighted by Gasteiger charge is -2.10. The highest BCUT2D eigenvalue weighted by Crippen LogP contribution is 2.31. The number of hydrogen-bond donors (Lipinski definition) is 1. The molecule has 0 fully saturated rings. The zero-order valence-electron chi connectivity index (χ0n) is 11.7. The quantitative estimate of drug-likeness (QED) is 0.850. The van der Waals surface area contributed by atoms with Crippen LogP contribution in [0.1, 0.15) is 12.5 Å². The van der Waals surface area contributed by atoms with Gasteiger partial charge in [-0.05, 0) is 64.4 Å². The van der Waals surface area contributed by atoms with Crippen molar-refractivity contribution in [1.29, 1.82) is 0 Å². The summed E-state index contributed by atoms with van der Waals surface area (Å²) in [6, 6.07) is 13.6. The van der Waals surface area contributed by atoms with Crippen molar-refractivity contribution < 1.29 is 9.47 Å². The van der Waals surface area contributed by atoms with Gasteiger partial charge in [0.15, 0.2) is 0 Å². The van der Waals surface area contributed by atoms with Gasteiger partial charge in [0.1, 0.15) is 17.2 Å². The van der Waals surface area contributed by atoms with E-state index in [-0.39, 0.29) is 0 Å². The third kappa shape index (κ3) is 3.99. The average Bonchev–Trinajstić information content (AvgIpc) is 2.48. The minimum absolute atomic E-state index is 0.783. The van der Waals surface area contributed by atoms with E-state index < -0.39 is 0 Å². The fourth-order valence-electron chi connectivity index (χ4n) is 1.78. The number of hydrogen-bond acceptors (Lipinski definition) is 3. The summed E-state index contributed by atoms with van der Waals surface area (Å²) in [6.07, 6.45) is 0. The standard InChI is InChI=1S/C16H18BrNO2/c1-3-18-11-12-4-9-16(15(17)10-12)20-14-7-5-13(19-2)6-8-14/h4-10,18H,3,11H2,1-2H3. The predicted molar refractivity (Wildman–Crippen MR) is 84.6 cm³/mol. The maximum absolute atomic E-state index is 5.85. The molecular formula is C16H18BrNO2. The summed E-state index contributed by atoms with van der Waals surface area (Å²) < 4.78 is 11.9. The van der Waals surface area contributed by atoms with Gasteiger partial charge in [-0.2, -0.15) is 0 Å².